The van der Waals surface area contributed by atoms with Crippen LogP contribution >= 0.6 is 24.0 Å². The normalized spacial score (nSPS) is 11.2. The van der Waals surface area contributed by atoms with Gasteiger partial charge in [-0.2, -0.15) is 0 Å². The number of guanidine groups is 1. The number of fused-ring (bicyclic) bond motifs is 1. The number of nitrogens with one attached hydrogen (secondary N) is 2. The summed E-state index contributed by atoms with van der Waals surface area (Å²) in [6, 6.07) is 18.7. The van der Waals surface area contributed by atoms with Crippen molar-refractivity contribution in [3.8, 4) is 5.75 Å². The quantitative estimate of drug-likeness (QED) is 0.183. The SMILES string of the molecule is CN=C(NCCCn1ccc2ccccc21)NCc1cccc(OCCOC)c1.I. The Morgan fingerprint density at radius 2 is 1.90 bits per heavy atom. The lowest BCUT2D eigenvalue weighted by atomic mass is 10.2. The fourth-order valence-corrected chi connectivity index (χ4v) is 3.19. The van der Waals surface area contributed by atoms with Crippen LogP contribution in [0.25, 0.3) is 10.9 Å². The number of hydrogen-bond acceptors (Lipinski definition) is 3. The number of aliphatic imine (C=N–C) groups is 1. The number of hydrogen-bond donors (Lipinski definition) is 2. The number of methoxy groups -OCH3 is 1. The Hall–Kier alpha value is -2.26. The van der Waals surface area contributed by atoms with Gasteiger partial charge in [0.05, 0.1) is 6.61 Å². The van der Waals surface area contributed by atoms with E-state index < -0.39 is 0 Å². The van der Waals surface area contributed by atoms with Gasteiger partial charge in [0.1, 0.15) is 12.4 Å². The zero-order valence-electron chi connectivity index (χ0n) is 17.6. The van der Waals surface area contributed by atoms with Crippen molar-refractivity contribution in [2.75, 3.05) is 33.9 Å². The second-order valence-corrected chi connectivity index (χ2v) is 6.76. The molecule has 30 heavy (non-hydrogen) atoms. The molecule has 0 unspecified atom stereocenters. The number of aryl methyl sites for hydroxylation is 1. The zero-order chi connectivity index (χ0) is 20.3. The van der Waals surface area contributed by atoms with Crippen LogP contribution in [0.2, 0.25) is 0 Å². The molecular weight excluding hydrogens is 491 g/mol. The minimum Gasteiger partial charge on any atom is -0.491 e. The van der Waals surface area contributed by atoms with E-state index in [-0.39, 0.29) is 24.0 Å². The molecule has 6 nitrogen and oxygen atoms in total. The zero-order valence-corrected chi connectivity index (χ0v) is 20.0. The Labute approximate surface area is 195 Å². The molecule has 0 amide bonds. The third kappa shape index (κ3) is 7.21. The Kier molecular flexibility index (Phi) is 10.5. The molecule has 0 spiro atoms. The van der Waals surface area contributed by atoms with Gasteiger partial charge in [0.15, 0.2) is 5.96 Å². The van der Waals surface area contributed by atoms with Crippen molar-refractivity contribution in [2.45, 2.75) is 19.5 Å². The highest BCUT2D eigenvalue weighted by Gasteiger charge is 2.02. The summed E-state index contributed by atoms with van der Waals surface area (Å²) in [5.74, 6) is 1.65. The molecule has 0 aliphatic carbocycles. The summed E-state index contributed by atoms with van der Waals surface area (Å²) in [6.45, 7) is 3.64. The second kappa shape index (κ2) is 13.1. The van der Waals surface area contributed by atoms with Crippen LogP contribution < -0.4 is 15.4 Å². The molecule has 2 N–H and O–H groups in total. The summed E-state index contributed by atoms with van der Waals surface area (Å²) in [7, 11) is 3.46. The first-order valence-electron chi connectivity index (χ1n) is 9.99. The van der Waals surface area contributed by atoms with Gasteiger partial charge in [-0.3, -0.25) is 4.99 Å². The predicted molar refractivity (Wildman–Crippen MR) is 134 cm³/mol. The molecule has 162 valence electrons. The van der Waals surface area contributed by atoms with Gasteiger partial charge >= 0.3 is 0 Å². The summed E-state index contributed by atoms with van der Waals surface area (Å²) >= 11 is 0. The number of ether oxygens (including phenoxy) is 2. The topological polar surface area (TPSA) is 59.8 Å². The molecule has 0 radical (unpaired) electrons. The highest BCUT2D eigenvalue weighted by atomic mass is 127. The van der Waals surface area contributed by atoms with E-state index in [9.17, 15) is 0 Å². The van der Waals surface area contributed by atoms with Crippen LogP contribution in [0.15, 0.2) is 65.8 Å². The average Bonchev–Trinajstić information content (AvgIpc) is 3.17. The van der Waals surface area contributed by atoms with Crippen molar-refractivity contribution in [3.63, 3.8) is 0 Å². The number of halogens is 1. The Bertz CT molecular complexity index is 926. The standard InChI is InChI=1S/C23H30N4O2.HI/c1-24-23(26-18-19-7-5-9-21(17-19)29-16-15-28-2)25-12-6-13-27-14-11-20-8-3-4-10-22(20)27;/h3-5,7-11,14,17H,6,12-13,15-16,18H2,1-2H3,(H2,24,25,26);1H. The first-order chi connectivity index (χ1) is 14.3. The molecule has 1 aromatic heterocycles. The first kappa shape index (κ1) is 24.0. The molecule has 3 rings (SSSR count). The maximum atomic E-state index is 5.66. The fraction of sp³-hybridized carbons (Fsp3) is 0.348. The lowest BCUT2D eigenvalue weighted by molar-refractivity contribution is 0.146. The molecule has 0 bridgehead atoms. The van der Waals surface area contributed by atoms with E-state index in [1.165, 1.54) is 10.9 Å². The average molecular weight is 522 g/mol. The van der Waals surface area contributed by atoms with Crippen molar-refractivity contribution in [3.05, 3.63) is 66.4 Å². The summed E-state index contributed by atoms with van der Waals surface area (Å²) in [5.41, 5.74) is 2.42. The molecule has 0 saturated heterocycles. The lowest BCUT2D eigenvalue weighted by Gasteiger charge is -2.13. The summed E-state index contributed by atoms with van der Waals surface area (Å²) < 4.78 is 13.0. The molecule has 3 aromatic rings. The number of aromatic nitrogens is 1. The largest absolute Gasteiger partial charge is 0.491 e. The lowest BCUT2D eigenvalue weighted by Crippen LogP contribution is -2.37. The first-order valence-corrected chi connectivity index (χ1v) is 9.99. The van der Waals surface area contributed by atoms with Crippen molar-refractivity contribution >= 4 is 40.8 Å². The smallest absolute Gasteiger partial charge is 0.191 e. The van der Waals surface area contributed by atoms with E-state index in [4.69, 9.17) is 9.47 Å². The number of nitrogens with zero attached hydrogens (tertiary/aromatic N) is 2. The number of para-hydroxylation sites is 1. The van der Waals surface area contributed by atoms with Crippen molar-refractivity contribution in [2.24, 2.45) is 4.99 Å². The minimum absolute atomic E-state index is 0. The van der Waals surface area contributed by atoms with Crippen LogP contribution in [0.3, 0.4) is 0 Å². The van der Waals surface area contributed by atoms with Crippen molar-refractivity contribution in [1.82, 2.24) is 15.2 Å². The van der Waals surface area contributed by atoms with E-state index in [2.05, 4.69) is 62.8 Å². The maximum Gasteiger partial charge on any atom is 0.191 e. The van der Waals surface area contributed by atoms with E-state index in [1.54, 1.807) is 14.2 Å². The molecule has 2 aromatic carbocycles. The van der Waals surface area contributed by atoms with Crippen LogP contribution in [0.5, 0.6) is 5.75 Å². The minimum atomic E-state index is 0. The molecular formula is C23H31IN4O2. The van der Waals surface area contributed by atoms with Crippen LogP contribution in [-0.4, -0.2) is 44.4 Å². The monoisotopic (exact) mass is 522 g/mol. The molecule has 0 aliphatic heterocycles. The van der Waals surface area contributed by atoms with Crippen LogP contribution in [-0.2, 0) is 17.8 Å². The molecule has 0 fully saturated rings. The molecule has 0 aliphatic rings. The molecule has 0 saturated carbocycles. The van der Waals surface area contributed by atoms with Gasteiger partial charge in [-0.15, -0.1) is 24.0 Å². The van der Waals surface area contributed by atoms with E-state index >= 15 is 0 Å². The van der Waals surface area contributed by atoms with Gasteiger partial charge < -0.3 is 24.7 Å². The van der Waals surface area contributed by atoms with E-state index in [0.717, 1.165) is 36.8 Å². The maximum absolute atomic E-state index is 5.66. The van der Waals surface area contributed by atoms with Gasteiger partial charge in [0, 0.05) is 45.5 Å². The fourth-order valence-electron chi connectivity index (χ4n) is 3.19. The van der Waals surface area contributed by atoms with E-state index in [0.29, 0.717) is 19.8 Å². The van der Waals surface area contributed by atoms with Gasteiger partial charge in [-0.25, -0.2) is 0 Å². The molecule has 0 atom stereocenters. The van der Waals surface area contributed by atoms with Gasteiger partial charge in [0.2, 0.25) is 0 Å². The third-order valence-electron chi connectivity index (χ3n) is 4.69. The van der Waals surface area contributed by atoms with Crippen molar-refractivity contribution < 1.29 is 9.47 Å². The second-order valence-electron chi connectivity index (χ2n) is 6.76. The number of benzene rings is 2. The Morgan fingerprint density at radius 1 is 1.03 bits per heavy atom. The van der Waals surface area contributed by atoms with Gasteiger partial charge in [-0.05, 0) is 41.6 Å². The Balaban J connectivity index is 0.00000320. The summed E-state index contributed by atoms with van der Waals surface area (Å²) in [6.07, 6.45) is 3.17. The Morgan fingerprint density at radius 3 is 2.73 bits per heavy atom. The van der Waals surface area contributed by atoms with Gasteiger partial charge in [0.25, 0.3) is 0 Å². The van der Waals surface area contributed by atoms with Gasteiger partial charge in [-0.1, -0.05) is 30.3 Å². The highest BCUT2D eigenvalue weighted by Crippen LogP contribution is 2.15. The predicted octanol–water partition coefficient (Wildman–Crippen LogP) is 4.04. The molecule has 1 heterocycles. The highest BCUT2D eigenvalue weighted by molar-refractivity contribution is 14.0. The third-order valence-corrected chi connectivity index (χ3v) is 4.69. The summed E-state index contributed by atoms with van der Waals surface area (Å²) in [5, 5.41) is 8.02. The molecule has 7 heteroatoms. The van der Waals surface area contributed by atoms with Crippen molar-refractivity contribution in [1.29, 1.82) is 0 Å². The summed E-state index contributed by atoms with van der Waals surface area (Å²) in [4.78, 5) is 4.31. The van der Waals surface area contributed by atoms with Crippen LogP contribution in [0, 0.1) is 0 Å². The van der Waals surface area contributed by atoms with Crippen LogP contribution in [0.4, 0.5) is 0 Å². The van der Waals surface area contributed by atoms with Crippen LogP contribution in [0.1, 0.15) is 12.0 Å². The van der Waals surface area contributed by atoms with E-state index in [1.807, 2.05) is 18.2 Å². The number of rotatable bonds is 10.